The molecule has 2 aliphatic carbocycles. The highest BCUT2D eigenvalue weighted by atomic mass is 19.2. The van der Waals surface area contributed by atoms with Crippen molar-refractivity contribution >= 4 is 0 Å². The van der Waals surface area contributed by atoms with E-state index in [1.807, 2.05) is 6.07 Å². The van der Waals surface area contributed by atoms with E-state index in [1.165, 1.54) is 51.4 Å². The van der Waals surface area contributed by atoms with Crippen LogP contribution in [-0.4, -0.2) is 6.61 Å². The van der Waals surface area contributed by atoms with E-state index in [1.54, 1.807) is 6.07 Å². The van der Waals surface area contributed by atoms with Crippen molar-refractivity contribution in [1.82, 2.24) is 0 Å². The molecule has 1 unspecified atom stereocenters. The minimum atomic E-state index is -0.679. The average molecular weight is 363 g/mol. The number of epoxide rings is 1. The van der Waals surface area contributed by atoms with Crippen molar-refractivity contribution in [2.24, 2.45) is 17.8 Å². The first-order valence-corrected chi connectivity index (χ1v) is 10.8. The van der Waals surface area contributed by atoms with Gasteiger partial charge >= 0.3 is 0 Å². The summed E-state index contributed by atoms with van der Waals surface area (Å²) < 4.78 is 34.0. The minimum Gasteiger partial charge on any atom is -0.368 e. The Bertz CT molecular complexity index is 609. The molecule has 3 aliphatic rings. The van der Waals surface area contributed by atoms with Gasteiger partial charge in [-0.3, -0.25) is 0 Å². The third-order valence-corrected chi connectivity index (χ3v) is 7.29. The SMILES string of the molecule is CCCC1CCC(C2CCC(c3ccc(C4CO4)c(F)c3F)CC2)CC1. The molecule has 26 heavy (non-hydrogen) atoms. The Labute approximate surface area is 156 Å². The maximum atomic E-state index is 14.6. The summed E-state index contributed by atoms with van der Waals surface area (Å²) in [6.45, 7) is 2.81. The fourth-order valence-corrected chi connectivity index (χ4v) is 5.63. The summed E-state index contributed by atoms with van der Waals surface area (Å²) >= 11 is 0. The molecular weight excluding hydrogens is 330 g/mol. The van der Waals surface area contributed by atoms with Crippen LogP contribution >= 0.6 is 0 Å². The standard InChI is InChI=1S/C23H32F2O/c1-2-3-15-4-6-16(7-5-15)17-8-10-18(11-9-17)19-12-13-20(21-14-26-21)23(25)22(19)24/h12-13,15-18,21H,2-11,14H2,1H3. The molecule has 3 fully saturated rings. The summed E-state index contributed by atoms with van der Waals surface area (Å²) in [4.78, 5) is 0. The smallest absolute Gasteiger partial charge is 0.165 e. The largest absolute Gasteiger partial charge is 0.368 e. The van der Waals surface area contributed by atoms with Gasteiger partial charge in [-0.25, -0.2) is 8.78 Å². The zero-order valence-corrected chi connectivity index (χ0v) is 16.0. The predicted octanol–water partition coefficient (Wildman–Crippen LogP) is 6.92. The van der Waals surface area contributed by atoms with Crippen molar-refractivity contribution in [2.45, 2.75) is 83.2 Å². The molecule has 0 spiro atoms. The molecule has 0 amide bonds. The van der Waals surface area contributed by atoms with E-state index < -0.39 is 11.6 Å². The number of hydrogen-bond donors (Lipinski definition) is 0. The molecule has 1 nitrogen and oxygen atoms in total. The van der Waals surface area contributed by atoms with Crippen LogP contribution in [0, 0.1) is 29.4 Å². The van der Waals surface area contributed by atoms with Gasteiger partial charge in [0.15, 0.2) is 11.6 Å². The van der Waals surface area contributed by atoms with Crippen LogP contribution in [0.1, 0.15) is 94.3 Å². The van der Waals surface area contributed by atoms with Gasteiger partial charge in [0, 0.05) is 5.56 Å². The van der Waals surface area contributed by atoms with Gasteiger partial charge in [-0.15, -0.1) is 0 Å². The van der Waals surface area contributed by atoms with E-state index in [4.69, 9.17) is 4.74 Å². The molecule has 4 rings (SSSR count). The molecule has 1 atom stereocenters. The highest BCUT2D eigenvalue weighted by Crippen LogP contribution is 2.45. The second kappa shape index (κ2) is 7.96. The van der Waals surface area contributed by atoms with Crippen LogP contribution in [0.2, 0.25) is 0 Å². The van der Waals surface area contributed by atoms with Gasteiger partial charge in [0.1, 0.15) is 6.10 Å². The number of halogens is 2. The lowest BCUT2D eigenvalue weighted by Gasteiger charge is -2.38. The number of rotatable bonds is 5. The fraction of sp³-hybridized carbons (Fsp3) is 0.739. The molecule has 2 saturated carbocycles. The summed E-state index contributed by atoms with van der Waals surface area (Å²) in [5, 5.41) is 0. The lowest BCUT2D eigenvalue weighted by molar-refractivity contribution is 0.156. The molecule has 0 N–H and O–H groups in total. The third kappa shape index (κ3) is 3.83. The van der Waals surface area contributed by atoms with Crippen LogP contribution < -0.4 is 0 Å². The molecule has 0 radical (unpaired) electrons. The van der Waals surface area contributed by atoms with E-state index in [2.05, 4.69) is 6.92 Å². The summed E-state index contributed by atoms with van der Waals surface area (Å²) in [5.74, 6) is 1.52. The average Bonchev–Trinajstić information content (AvgIpc) is 3.50. The number of hydrogen-bond acceptors (Lipinski definition) is 1. The van der Waals surface area contributed by atoms with Gasteiger partial charge in [-0.1, -0.05) is 44.7 Å². The molecule has 3 heteroatoms. The quantitative estimate of drug-likeness (QED) is 0.518. The normalized spacial score (nSPS) is 34.7. The van der Waals surface area contributed by atoms with Crippen molar-refractivity contribution in [2.75, 3.05) is 6.61 Å². The monoisotopic (exact) mass is 362 g/mol. The van der Waals surface area contributed by atoms with Gasteiger partial charge in [0.2, 0.25) is 0 Å². The van der Waals surface area contributed by atoms with Gasteiger partial charge in [0.25, 0.3) is 0 Å². The lowest BCUT2D eigenvalue weighted by Crippen LogP contribution is -2.25. The first-order chi connectivity index (χ1) is 12.7. The number of benzene rings is 1. The molecule has 1 aliphatic heterocycles. The van der Waals surface area contributed by atoms with Crippen molar-refractivity contribution in [3.63, 3.8) is 0 Å². The third-order valence-electron chi connectivity index (χ3n) is 7.29. The highest BCUT2D eigenvalue weighted by molar-refractivity contribution is 5.32. The Balaban J connectivity index is 1.33. The Hall–Kier alpha value is -0.960. The van der Waals surface area contributed by atoms with Crippen LogP contribution in [0.4, 0.5) is 8.78 Å². The zero-order valence-electron chi connectivity index (χ0n) is 16.0. The van der Waals surface area contributed by atoms with Crippen LogP contribution in [-0.2, 0) is 4.74 Å². The van der Waals surface area contributed by atoms with Gasteiger partial charge in [-0.2, -0.15) is 0 Å². The molecule has 0 bridgehead atoms. The highest BCUT2D eigenvalue weighted by Gasteiger charge is 2.34. The van der Waals surface area contributed by atoms with Gasteiger partial charge in [0.05, 0.1) is 6.61 Å². The fourth-order valence-electron chi connectivity index (χ4n) is 5.63. The molecule has 144 valence electrons. The maximum absolute atomic E-state index is 14.6. The Morgan fingerprint density at radius 2 is 1.38 bits per heavy atom. The Kier molecular flexibility index (Phi) is 5.63. The van der Waals surface area contributed by atoms with E-state index in [-0.39, 0.29) is 12.0 Å². The molecule has 1 saturated heterocycles. The van der Waals surface area contributed by atoms with Gasteiger partial charge < -0.3 is 4.74 Å². The second-order valence-corrected chi connectivity index (χ2v) is 8.88. The Morgan fingerprint density at radius 1 is 0.846 bits per heavy atom. The summed E-state index contributed by atoms with van der Waals surface area (Å²) in [6, 6.07) is 3.56. The van der Waals surface area contributed by atoms with Crippen molar-refractivity contribution < 1.29 is 13.5 Å². The van der Waals surface area contributed by atoms with Crippen molar-refractivity contribution in [3.8, 4) is 0 Å². The Morgan fingerprint density at radius 3 is 1.96 bits per heavy atom. The van der Waals surface area contributed by atoms with Crippen LogP contribution in [0.15, 0.2) is 12.1 Å². The van der Waals surface area contributed by atoms with Crippen LogP contribution in [0.25, 0.3) is 0 Å². The maximum Gasteiger partial charge on any atom is 0.165 e. The van der Waals surface area contributed by atoms with Crippen LogP contribution in [0.3, 0.4) is 0 Å². The predicted molar refractivity (Wildman–Crippen MR) is 100 cm³/mol. The van der Waals surface area contributed by atoms with Crippen molar-refractivity contribution in [1.29, 1.82) is 0 Å². The van der Waals surface area contributed by atoms with Gasteiger partial charge in [-0.05, 0) is 67.8 Å². The zero-order chi connectivity index (χ0) is 18.1. The van der Waals surface area contributed by atoms with E-state index in [9.17, 15) is 8.78 Å². The number of ether oxygens (including phenoxy) is 1. The summed E-state index contributed by atoms with van der Waals surface area (Å²) in [6.07, 6.45) is 12.5. The van der Waals surface area contributed by atoms with Crippen LogP contribution in [0.5, 0.6) is 0 Å². The topological polar surface area (TPSA) is 12.5 Å². The van der Waals surface area contributed by atoms with Crippen molar-refractivity contribution in [3.05, 3.63) is 34.9 Å². The van der Waals surface area contributed by atoms with E-state index >= 15 is 0 Å². The molecule has 1 aromatic rings. The molecule has 1 heterocycles. The summed E-state index contributed by atoms with van der Waals surface area (Å²) in [5.41, 5.74) is 0.987. The molecular formula is C23H32F2O. The minimum absolute atomic E-state index is 0.186. The van der Waals surface area contributed by atoms with E-state index in [0.29, 0.717) is 17.7 Å². The lowest BCUT2D eigenvalue weighted by atomic mass is 9.68. The molecule has 0 aromatic heterocycles. The molecule has 1 aromatic carbocycles. The van der Waals surface area contributed by atoms with E-state index in [0.717, 1.165) is 30.6 Å². The second-order valence-electron chi connectivity index (χ2n) is 8.88. The first kappa shape index (κ1) is 18.4. The summed E-state index contributed by atoms with van der Waals surface area (Å²) in [7, 11) is 0. The first-order valence-electron chi connectivity index (χ1n) is 10.8.